The molecule has 0 saturated heterocycles. The smallest absolute Gasteiger partial charge is 0.254 e. The van der Waals surface area contributed by atoms with E-state index in [1.54, 1.807) is 11.7 Å². The van der Waals surface area contributed by atoms with Crippen LogP contribution < -0.4 is 5.32 Å². The molecule has 1 amide bonds. The van der Waals surface area contributed by atoms with Crippen molar-refractivity contribution in [2.24, 2.45) is 12.2 Å². The van der Waals surface area contributed by atoms with Gasteiger partial charge in [-0.25, -0.2) is 0 Å². The molecule has 0 saturated carbocycles. The summed E-state index contributed by atoms with van der Waals surface area (Å²) >= 11 is 0. The van der Waals surface area contributed by atoms with Gasteiger partial charge in [0.2, 0.25) is 0 Å². The van der Waals surface area contributed by atoms with E-state index in [1.165, 1.54) is 6.20 Å². The summed E-state index contributed by atoms with van der Waals surface area (Å²) in [7, 11) is 1.77. The van der Waals surface area contributed by atoms with Crippen molar-refractivity contribution >= 4 is 5.91 Å². The second-order valence-corrected chi connectivity index (χ2v) is 2.98. The van der Waals surface area contributed by atoms with Gasteiger partial charge in [-0.05, 0) is 12.5 Å². The van der Waals surface area contributed by atoms with Gasteiger partial charge >= 0.3 is 0 Å². The van der Waals surface area contributed by atoms with Crippen LogP contribution in [0.5, 0.6) is 0 Å². The van der Waals surface area contributed by atoms with Gasteiger partial charge in [0.05, 0.1) is 11.8 Å². The molecule has 15 heavy (non-hydrogen) atoms. The fraction of sp³-hybridized carbons (Fsp3) is 0.500. The van der Waals surface area contributed by atoms with E-state index >= 15 is 0 Å². The van der Waals surface area contributed by atoms with Gasteiger partial charge in [0, 0.05) is 30.7 Å². The maximum atomic E-state index is 11.5. The molecule has 0 radical (unpaired) electrons. The number of azide groups is 1. The molecule has 0 aliphatic carbocycles. The minimum Gasteiger partial charge on any atom is -0.352 e. The number of aromatic nitrogens is 2. The highest BCUT2D eigenvalue weighted by molar-refractivity contribution is 5.94. The van der Waals surface area contributed by atoms with E-state index in [2.05, 4.69) is 20.4 Å². The van der Waals surface area contributed by atoms with E-state index in [-0.39, 0.29) is 12.5 Å². The summed E-state index contributed by atoms with van der Waals surface area (Å²) < 4.78 is 1.63. The molecule has 1 rings (SSSR count). The second-order valence-electron chi connectivity index (χ2n) is 2.98. The molecule has 0 spiro atoms. The van der Waals surface area contributed by atoms with E-state index in [1.807, 2.05) is 6.92 Å². The fourth-order valence-electron chi connectivity index (χ4n) is 1.08. The van der Waals surface area contributed by atoms with Crippen molar-refractivity contribution in [3.05, 3.63) is 27.9 Å². The van der Waals surface area contributed by atoms with Gasteiger partial charge in [0.1, 0.15) is 0 Å². The molecule has 1 aromatic rings. The van der Waals surface area contributed by atoms with Crippen molar-refractivity contribution < 1.29 is 4.79 Å². The number of hydrogen-bond donors (Lipinski definition) is 1. The Morgan fingerprint density at radius 2 is 2.53 bits per heavy atom. The molecule has 0 fully saturated rings. The zero-order valence-electron chi connectivity index (χ0n) is 8.64. The van der Waals surface area contributed by atoms with E-state index in [9.17, 15) is 4.79 Å². The van der Waals surface area contributed by atoms with E-state index in [4.69, 9.17) is 5.53 Å². The largest absolute Gasteiger partial charge is 0.352 e. The fourth-order valence-corrected chi connectivity index (χ4v) is 1.08. The van der Waals surface area contributed by atoms with Gasteiger partial charge in [-0.2, -0.15) is 5.10 Å². The third-order valence-corrected chi connectivity index (χ3v) is 2.04. The number of hydrogen-bond acceptors (Lipinski definition) is 3. The number of carbonyl (C=O) groups excluding carboxylic acids is 1. The monoisotopic (exact) mass is 208 g/mol. The quantitative estimate of drug-likeness (QED) is 0.342. The van der Waals surface area contributed by atoms with Crippen LogP contribution in [-0.2, 0) is 7.05 Å². The number of nitrogens with zero attached hydrogens (tertiary/aromatic N) is 5. The van der Waals surface area contributed by atoms with Crippen LogP contribution in [0.25, 0.3) is 10.4 Å². The van der Waals surface area contributed by atoms with Crippen LogP contribution in [0.3, 0.4) is 0 Å². The normalized spacial score (nSPS) is 9.47. The third kappa shape index (κ3) is 2.72. The summed E-state index contributed by atoms with van der Waals surface area (Å²) in [5.74, 6) is -0.200. The van der Waals surface area contributed by atoms with Gasteiger partial charge in [-0.3, -0.25) is 9.48 Å². The Balaban J connectivity index is 2.54. The summed E-state index contributed by atoms with van der Waals surface area (Å²) in [6.07, 6.45) is 1.51. The summed E-state index contributed by atoms with van der Waals surface area (Å²) in [4.78, 5) is 14.1. The molecule has 7 heteroatoms. The minimum atomic E-state index is -0.200. The first-order valence-corrected chi connectivity index (χ1v) is 4.44. The Morgan fingerprint density at radius 3 is 3.07 bits per heavy atom. The Morgan fingerprint density at radius 1 is 1.80 bits per heavy atom. The van der Waals surface area contributed by atoms with Crippen molar-refractivity contribution in [1.29, 1.82) is 0 Å². The molecule has 0 atom stereocenters. The Bertz CT molecular complexity index is 403. The maximum Gasteiger partial charge on any atom is 0.254 e. The molecule has 0 aliphatic heterocycles. The molecule has 7 nitrogen and oxygen atoms in total. The molecule has 1 heterocycles. The lowest BCUT2D eigenvalue weighted by Crippen LogP contribution is -2.26. The molecule has 0 bridgehead atoms. The lowest BCUT2D eigenvalue weighted by atomic mass is 10.2. The first kappa shape index (κ1) is 11.1. The predicted octanol–water partition coefficient (Wildman–Crippen LogP) is 0.769. The molecule has 80 valence electrons. The molecule has 0 aliphatic rings. The minimum absolute atomic E-state index is 0.200. The van der Waals surface area contributed by atoms with Crippen LogP contribution in [0, 0.1) is 6.92 Å². The lowest BCUT2D eigenvalue weighted by molar-refractivity contribution is 0.0954. The van der Waals surface area contributed by atoms with Crippen LogP contribution in [0.1, 0.15) is 16.1 Å². The zero-order chi connectivity index (χ0) is 11.3. The van der Waals surface area contributed by atoms with E-state index in [0.717, 1.165) is 5.69 Å². The topological polar surface area (TPSA) is 95.7 Å². The van der Waals surface area contributed by atoms with Gasteiger partial charge in [0.25, 0.3) is 5.91 Å². The van der Waals surface area contributed by atoms with Gasteiger partial charge in [-0.15, -0.1) is 0 Å². The summed E-state index contributed by atoms with van der Waals surface area (Å²) in [6.45, 7) is 2.40. The summed E-state index contributed by atoms with van der Waals surface area (Å²) in [5, 5.41) is 9.90. The average Bonchev–Trinajstić information content (AvgIpc) is 2.55. The number of rotatable bonds is 4. The molecule has 0 aromatic carbocycles. The summed E-state index contributed by atoms with van der Waals surface area (Å²) in [6, 6.07) is 0. The van der Waals surface area contributed by atoms with Crippen molar-refractivity contribution in [3.8, 4) is 0 Å². The molecule has 1 aromatic heterocycles. The van der Waals surface area contributed by atoms with Crippen molar-refractivity contribution in [2.75, 3.05) is 13.1 Å². The highest BCUT2D eigenvalue weighted by Gasteiger charge is 2.11. The summed E-state index contributed by atoms with van der Waals surface area (Å²) in [5.41, 5.74) is 9.37. The molecule has 0 unspecified atom stereocenters. The SMILES string of the molecule is Cc1c(C(=O)NCCN=[N+]=[N-])cnn1C. The first-order valence-electron chi connectivity index (χ1n) is 4.44. The van der Waals surface area contributed by atoms with Crippen LogP contribution in [0.2, 0.25) is 0 Å². The maximum absolute atomic E-state index is 11.5. The van der Waals surface area contributed by atoms with Crippen LogP contribution in [0.15, 0.2) is 11.3 Å². The molecular formula is C8H12N6O. The van der Waals surface area contributed by atoms with Gasteiger partial charge in [0.15, 0.2) is 0 Å². The number of amides is 1. The van der Waals surface area contributed by atoms with Crippen LogP contribution >= 0.6 is 0 Å². The Hall–Kier alpha value is -2.01. The highest BCUT2D eigenvalue weighted by Crippen LogP contribution is 2.04. The highest BCUT2D eigenvalue weighted by atomic mass is 16.1. The molecule has 1 N–H and O–H groups in total. The Kier molecular flexibility index (Phi) is 3.70. The third-order valence-electron chi connectivity index (χ3n) is 2.04. The standard InChI is InChI=1S/C8H12N6O/c1-6-7(5-12-14(6)2)8(15)10-3-4-11-13-9/h5H,3-4H2,1-2H3,(H,10,15). The average molecular weight is 208 g/mol. The van der Waals surface area contributed by atoms with E-state index < -0.39 is 0 Å². The number of nitrogens with one attached hydrogen (secondary N) is 1. The first-order chi connectivity index (χ1) is 7.16. The number of carbonyl (C=O) groups is 1. The number of aryl methyl sites for hydroxylation is 1. The van der Waals surface area contributed by atoms with Crippen molar-refractivity contribution in [2.45, 2.75) is 6.92 Å². The van der Waals surface area contributed by atoms with Crippen molar-refractivity contribution in [1.82, 2.24) is 15.1 Å². The zero-order valence-corrected chi connectivity index (χ0v) is 8.64. The van der Waals surface area contributed by atoms with Gasteiger partial charge < -0.3 is 5.32 Å². The van der Waals surface area contributed by atoms with Crippen LogP contribution in [0.4, 0.5) is 0 Å². The Labute approximate surface area is 86.7 Å². The second kappa shape index (κ2) is 5.02. The molecular weight excluding hydrogens is 196 g/mol. The van der Waals surface area contributed by atoms with Crippen LogP contribution in [-0.4, -0.2) is 28.8 Å². The van der Waals surface area contributed by atoms with E-state index in [0.29, 0.717) is 12.1 Å². The van der Waals surface area contributed by atoms with Crippen molar-refractivity contribution in [3.63, 3.8) is 0 Å². The van der Waals surface area contributed by atoms with Gasteiger partial charge in [-0.1, -0.05) is 5.11 Å². The lowest BCUT2D eigenvalue weighted by Gasteiger charge is -2.01. The predicted molar refractivity (Wildman–Crippen MR) is 54.3 cm³/mol.